The van der Waals surface area contributed by atoms with Gasteiger partial charge in [-0.1, -0.05) is 0 Å². The maximum absolute atomic E-state index is 10.6. The predicted octanol–water partition coefficient (Wildman–Crippen LogP) is 2.97. The van der Waals surface area contributed by atoms with Gasteiger partial charge >= 0.3 is 0 Å². The van der Waals surface area contributed by atoms with Crippen LogP contribution in [0.1, 0.15) is 77.0 Å². The molecule has 0 unspecified atom stereocenters. The molecule has 0 atom stereocenters. The first-order valence-corrected chi connectivity index (χ1v) is 8.63. The number of aromatic nitrogens is 4. The van der Waals surface area contributed by atoms with Gasteiger partial charge in [0.1, 0.15) is 17.3 Å². The molecule has 6 heteroatoms. The van der Waals surface area contributed by atoms with E-state index in [2.05, 4.69) is 19.1 Å². The van der Waals surface area contributed by atoms with Gasteiger partial charge in [-0.15, -0.1) is 0 Å². The standard InChI is InChI=1S/C9H14N2O.C9H12N2O/c2*1-6-9(5-12)10-7(2)11(6)8-3-4-8/h8,12H,3-5H2,1-2H3;5,8H,3-4H2,1-2H3. The summed E-state index contributed by atoms with van der Waals surface area (Å²) in [5.74, 6) is 2.01. The van der Waals surface area contributed by atoms with Gasteiger partial charge in [-0.2, -0.15) is 0 Å². The lowest BCUT2D eigenvalue weighted by Crippen LogP contribution is -1.99. The first-order valence-electron chi connectivity index (χ1n) is 8.63. The molecule has 1 N–H and O–H groups in total. The van der Waals surface area contributed by atoms with Crippen LogP contribution in [0.4, 0.5) is 0 Å². The second kappa shape index (κ2) is 6.51. The summed E-state index contributed by atoms with van der Waals surface area (Å²) in [5, 5.41) is 8.98. The number of aliphatic hydroxyl groups is 1. The van der Waals surface area contributed by atoms with Crippen molar-refractivity contribution < 1.29 is 9.90 Å². The number of rotatable bonds is 4. The Morgan fingerprint density at radius 3 is 1.83 bits per heavy atom. The molecule has 6 nitrogen and oxygen atoms in total. The summed E-state index contributed by atoms with van der Waals surface area (Å²) >= 11 is 0. The van der Waals surface area contributed by atoms with Crippen molar-refractivity contribution in [3.8, 4) is 0 Å². The summed E-state index contributed by atoms with van der Waals surface area (Å²) in [6, 6.07) is 1.28. The molecule has 24 heavy (non-hydrogen) atoms. The van der Waals surface area contributed by atoms with Crippen molar-refractivity contribution in [3.05, 3.63) is 34.4 Å². The van der Waals surface area contributed by atoms with E-state index in [1.807, 2.05) is 27.7 Å². The van der Waals surface area contributed by atoms with Crippen LogP contribution in [0, 0.1) is 27.7 Å². The molecular formula is C18H26N4O2. The average Bonchev–Trinajstić information content (AvgIpc) is 3.47. The van der Waals surface area contributed by atoms with Gasteiger partial charge in [-0.3, -0.25) is 4.79 Å². The van der Waals surface area contributed by atoms with E-state index in [-0.39, 0.29) is 6.61 Å². The lowest BCUT2D eigenvalue weighted by atomic mass is 10.3. The summed E-state index contributed by atoms with van der Waals surface area (Å²) in [6.45, 7) is 8.02. The monoisotopic (exact) mass is 330 g/mol. The molecule has 0 bridgehead atoms. The Bertz CT molecular complexity index is 752. The molecule has 2 fully saturated rings. The van der Waals surface area contributed by atoms with Crippen molar-refractivity contribution in [1.82, 2.24) is 19.1 Å². The zero-order valence-corrected chi connectivity index (χ0v) is 14.9. The Labute approximate surface area is 142 Å². The highest BCUT2D eigenvalue weighted by atomic mass is 16.3. The maximum Gasteiger partial charge on any atom is 0.170 e. The number of aryl methyl sites for hydroxylation is 2. The van der Waals surface area contributed by atoms with Gasteiger partial charge in [-0.05, 0) is 53.4 Å². The topological polar surface area (TPSA) is 72.9 Å². The first-order chi connectivity index (χ1) is 11.5. The zero-order valence-electron chi connectivity index (χ0n) is 14.9. The number of hydrogen-bond acceptors (Lipinski definition) is 4. The van der Waals surface area contributed by atoms with E-state index in [9.17, 15) is 4.79 Å². The van der Waals surface area contributed by atoms with Crippen LogP contribution in [0.3, 0.4) is 0 Å². The molecule has 0 aromatic carbocycles. The van der Waals surface area contributed by atoms with Crippen LogP contribution in [0.5, 0.6) is 0 Å². The molecule has 0 saturated heterocycles. The lowest BCUT2D eigenvalue weighted by molar-refractivity contribution is 0.111. The summed E-state index contributed by atoms with van der Waals surface area (Å²) < 4.78 is 4.41. The quantitative estimate of drug-likeness (QED) is 0.875. The highest BCUT2D eigenvalue weighted by molar-refractivity contribution is 5.73. The zero-order chi connectivity index (χ0) is 17.4. The number of aliphatic hydroxyl groups excluding tert-OH is 1. The largest absolute Gasteiger partial charge is 0.390 e. The molecule has 0 aliphatic heterocycles. The van der Waals surface area contributed by atoms with Crippen molar-refractivity contribution >= 4 is 6.29 Å². The molecule has 2 aromatic heterocycles. The van der Waals surface area contributed by atoms with E-state index in [1.165, 1.54) is 25.7 Å². The molecule has 0 radical (unpaired) electrons. The fourth-order valence-corrected chi connectivity index (χ4v) is 3.39. The van der Waals surface area contributed by atoms with Crippen molar-refractivity contribution in [2.45, 2.75) is 72.1 Å². The normalized spacial score (nSPS) is 16.7. The summed E-state index contributed by atoms with van der Waals surface area (Å²) in [7, 11) is 0. The summed E-state index contributed by atoms with van der Waals surface area (Å²) in [4.78, 5) is 19.0. The Morgan fingerprint density at radius 2 is 1.46 bits per heavy atom. The molecule has 0 spiro atoms. The second-order valence-electron chi connectivity index (χ2n) is 6.80. The fraction of sp³-hybridized carbons (Fsp3) is 0.611. The van der Waals surface area contributed by atoms with Crippen molar-refractivity contribution in [2.75, 3.05) is 0 Å². The third-order valence-electron chi connectivity index (χ3n) is 4.87. The number of carbonyl (C=O) groups excluding carboxylic acids is 1. The predicted molar refractivity (Wildman–Crippen MR) is 91.3 cm³/mol. The van der Waals surface area contributed by atoms with E-state index in [0.29, 0.717) is 17.8 Å². The van der Waals surface area contributed by atoms with E-state index in [4.69, 9.17) is 5.11 Å². The molecule has 2 aromatic rings. The van der Waals surface area contributed by atoms with Crippen molar-refractivity contribution in [3.63, 3.8) is 0 Å². The Hall–Kier alpha value is -1.95. The van der Waals surface area contributed by atoms with Crippen LogP contribution < -0.4 is 0 Å². The van der Waals surface area contributed by atoms with Gasteiger partial charge < -0.3 is 14.2 Å². The van der Waals surface area contributed by atoms with Crippen LogP contribution in [0.25, 0.3) is 0 Å². The van der Waals surface area contributed by atoms with Gasteiger partial charge in [0.05, 0.1) is 12.3 Å². The number of imidazole rings is 2. The van der Waals surface area contributed by atoms with E-state index >= 15 is 0 Å². The third kappa shape index (κ3) is 3.15. The van der Waals surface area contributed by atoms with Crippen molar-refractivity contribution in [2.24, 2.45) is 0 Å². The average molecular weight is 330 g/mol. The minimum atomic E-state index is 0.0619. The molecule has 4 rings (SSSR count). The Kier molecular flexibility index (Phi) is 4.58. The number of nitrogens with zero attached hydrogens (tertiary/aromatic N) is 4. The SMILES string of the molecule is Cc1nc(C=O)c(C)n1C1CC1.Cc1nc(CO)c(C)n1C1CC1. The number of carbonyl (C=O) groups is 1. The molecular weight excluding hydrogens is 304 g/mol. The summed E-state index contributed by atoms with van der Waals surface area (Å²) in [6.07, 6.45) is 5.83. The molecule has 2 aliphatic carbocycles. The lowest BCUT2D eigenvalue weighted by Gasteiger charge is -2.04. The highest BCUT2D eigenvalue weighted by Gasteiger charge is 2.28. The van der Waals surface area contributed by atoms with Crippen LogP contribution in [0.2, 0.25) is 0 Å². The van der Waals surface area contributed by atoms with Gasteiger partial charge in [-0.25, -0.2) is 9.97 Å². The van der Waals surface area contributed by atoms with Gasteiger partial charge in [0, 0.05) is 23.5 Å². The van der Waals surface area contributed by atoms with E-state index in [1.54, 1.807) is 0 Å². The van der Waals surface area contributed by atoms with Crippen LogP contribution in [-0.4, -0.2) is 30.5 Å². The van der Waals surface area contributed by atoms with E-state index in [0.717, 1.165) is 35.0 Å². The van der Waals surface area contributed by atoms with Gasteiger partial charge in [0.2, 0.25) is 0 Å². The molecule has 2 heterocycles. The smallest absolute Gasteiger partial charge is 0.170 e. The molecule has 130 valence electrons. The second-order valence-corrected chi connectivity index (χ2v) is 6.80. The molecule has 2 saturated carbocycles. The Balaban J connectivity index is 0.000000141. The first kappa shape index (κ1) is 16.9. The highest BCUT2D eigenvalue weighted by Crippen LogP contribution is 2.38. The minimum Gasteiger partial charge on any atom is -0.390 e. The maximum atomic E-state index is 10.6. The van der Waals surface area contributed by atoms with Crippen LogP contribution in [0.15, 0.2) is 0 Å². The summed E-state index contributed by atoms with van der Waals surface area (Å²) in [5.41, 5.74) is 3.58. The molecule has 2 aliphatic rings. The van der Waals surface area contributed by atoms with Gasteiger partial charge in [0.25, 0.3) is 0 Å². The third-order valence-corrected chi connectivity index (χ3v) is 4.87. The van der Waals surface area contributed by atoms with E-state index < -0.39 is 0 Å². The fourth-order valence-electron chi connectivity index (χ4n) is 3.39. The number of aldehydes is 1. The van der Waals surface area contributed by atoms with Crippen LogP contribution >= 0.6 is 0 Å². The Morgan fingerprint density at radius 1 is 0.958 bits per heavy atom. The number of hydrogen-bond donors (Lipinski definition) is 1. The van der Waals surface area contributed by atoms with Crippen LogP contribution in [-0.2, 0) is 6.61 Å². The van der Waals surface area contributed by atoms with Gasteiger partial charge in [0.15, 0.2) is 6.29 Å². The van der Waals surface area contributed by atoms with Crippen molar-refractivity contribution in [1.29, 1.82) is 0 Å². The minimum absolute atomic E-state index is 0.0619. The molecule has 0 amide bonds.